The maximum atomic E-state index is 12.8. The molecule has 0 aliphatic carbocycles. The Labute approximate surface area is 106 Å². The van der Waals surface area contributed by atoms with Crippen LogP contribution >= 0.6 is 0 Å². The zero-order valence-electron chi connectivity index (χ0n) is 10.4. The first-order valence-corrected chi connectivity index (χ1v) is 6.38. The van der Waals surface area contributed by atoms with E-state index in [0.717, 1.165) is 19.0 Å². The van der Waals surface area contributed by atoms with Crippen LogP contribution in [0.5, 0.6) is 0 Å². The maximum Gasteiger partial charge on any atom is 0.251 e. The number of aromatic nitrogens is 1. The predicted molar refractivity (Wildman–Crippen MR) is 66.8 cm³/mol. The Morgan fingerprint density at radius 2 is 2.22 bits per heavy atom. The fourth-order valence-corrected chi connectivity index (χ4v) is 2.16. The number of nitrogens with one attached hydrogen (secondary N) is 1. The van der Waals surface area contributed by atoms with Gasteiger partial charge in [-0.3, -0.25) is 4.79 Å². The first-order chi connectivity index (χ1) is 8.75. The minimum atomic E-state index is -0.625. The molecule has 2 heterocycles. The number of amides is 1. The summed E-state index contributed by atoms with van der Waals surface area (Å²) in [6.45, 7) is 3.98. The van der Waals surface area contributed by atoms with Gasteiger partial charge < -0.3 is 10.2 Å². The lowest BCUT2D eigenvalue weighted by molar-refractivity contribution is 0.0951. The van der Waals surface area contributed by atoms with Gasteiger partial charge in [0.05, 0.1) is 0 Å². The van der Waals surface area contributed by atoms with E-state index in [9.17, 15) is 9.18 Å². The van der Waals surface area contributed by atoms with Crippen LogP contribution in [0.4, 0.5) is 4.39 Å². The van der Waals surface area contributed by atoms with Crippen molar-refractivity contribution in [3.63, 3.8) is 0 Å². The highest BCUT2D eigenvalue weighted by molar-refractivity contribution is 5.93. The van der Waals surface area contributed by atoms with Gasteiger partial charge >= 0.3 is 0 Å². The van der Waals surface area contributed by atoms with Gasteiger partial charge in [-0.25, -0.2) is 4.98 Å². The number of halogens is 1. The van der Waals surface area contributed by atoms with Crippen molar-refractivity contribution in [1.82, 2.24) is 15.2 Å². The molecule has 1 saturated heterocycles. The molecule has 1 N–H and O–H groups in total. The number of rotatable bonds is 5. The number of carbonyl (C=O) groups is 1. The van der Waals surface area contributed by atoms with E-state index in [0.29, 0.717) is 12.1 Å². The average molecular weight is 251 g/mol. The van der Waals surface area contributed by atoms with Gasteiger partial charge in [0, 0.05) is 24.4 Å². The van der Waals surface area contributed by atoms with Crippen molar-refractivity contribution in [2.45, 2.75) is 19.3 Å². The van der Waals surface area contributed by atoms with Crippen LogP contribution in [0.15, 0.2) is 18.3 Å². The van der Waals surface area contributed by atoms with Gasteiger partial charge in [-0.1, -0.05) is 0 Å². The Morgan fingerprint density at radius 1 is 1.44 bits per heavy atom. The van der Waals surface area contributed by atoms with E-state index in [4.69, 9.17) is 0 Å². The zero-order valence-corrected chi connectivity index (χ0v) is 10.4. The van der Waals surface area contributed by atoms with E-state index >= 15 is 0 Å². The van der Waals surface area contributed by atoms with Gasteiger partial charge in [-0.15, -0.1) is 0 Å². The SMILES string of the molecule is O=C(NCCCN1CCCC1)c1ccnc(F)c1. The first-order valence-electron chi connectivity index (χ1n) is 6.38. The first kappa shape index (κ1) is 13.0. The van der Waals surface area contributed by atoms with E-state index in [1.807, 2.05) is 0 Å². The highest BCUT2D eigenvalue weighted by atomic mass is 19.1. The number of hydrogen-bond donors (Lipinski definition) is 1. The molecule has 1 fully saturated rings. The molecule has 0 radical (unpaired) electrons. The van der Waals surface area contributed by atoms with Gasteiger partial charge in [0.25, 0.3) is 5.91 Å². The number of pyridine rings is 1. The van der Waals surface area contributed by atoms with Crippen LogP contribution in [0, 0.1) is 5.95 Å². The summed E-state index contributed by atoms with van der Waals surface area (Å²) in [5, 5.41) is 2.79. The summed E-state index contributed by atoms with van der Waals surface area (Å²) in [6, 6.07) is 2.66. The average Bonchev–Trinajstić information content (AvgIpc) is 2.87. The fraction of sp³-hybridized carbons (Fsp3) is 0.538. The predicted octanol–water partition coefficient (Wildman–Crippen LogP) is 1.44. The molecular weight excluding hydrogens is 233 g/mol. The molecule has 0 atom stereocenters. The zero-order chi connectivity index (χ0) is 12.8. The van der Waals surface area contributed by atoms with Crippen molar-refractivity contribution in [3.05, 3.63) is 29.8 Å². The second-order valence-electron chi connectivity index (χ2n) is 4.53. The van der Waals surface area contributed by atoms with Gasteiger partial charge in [-0.2, -0.15) is 4.39 Å². The van der Waals surface area contributed by atoms with Crippen molar-refractivity contribution in [2.24, 2.45) is 0 Å². The molecule has 0 aromatic carbocycles. The lowest BCUT2D eigenvalue weighted by atomic mass is 10.2. The third-order valence-electron chi connectivity index (χ3n) is 3.12. The summed E-state index contributed by atoms with van der Waals surface area (Å²) in [7, 11) is 0. The van der Waals surface area contributed by atoms with Crippen molar-refractivity contribution in [3.8, 4) is 0 Å². The smallest absolute Gasteiger partial charge is 0.251 e. The summed E-state index contributed by atoms with van der Waals surface area (Å²) < 4.78 is 12.8. The summed E-state index contributed by atoms with van der Waals surface area (Å²) in [5.41, 5.74) is 0.323. The topological polar surface area (TPSA) is 45.2 Å². The van der Waals surface area contributed by atoms with Crippen LogP contribution in [-0.4, -0.2) is 42.0 Å². The molecule has 0 unspecified atom stereocenters. The third kappa shape index (κ3) is 3.77. The molecule has 0 spiro atoms. The standard InChI is InChI=1S/C13H18FN3O/c14-12-10-11(4-6-15-12)13(18)16-5-3-9-17-7-1-2-8-17/h4,6,10H,1-3,5,7-9H2,(H,16,18). The number of hydrogen-bond acceptors (Lipinski definition) is 3. The minimum Gasteiger partial charge on any atom is -0.352 e. The lowest BCUT2D eigenvalue weighted by Gasteiger charge is -2.14. The van der Waals surface area contributed by atoms with Gasteiger partial charge in [0.2, 0.25) is 5.95 Å². The van der Waals surface area contributed by atoms with Crippen LogP contribution in [0.25, 0.3) is 0 Å². The van der Waals surface area contributed by atoms with Crippen LogP contribution < -0.4 is 5.32 Å². The molecule has 1 amide bonds. The van der Waals surface area contributed by atoms with Crippen molar-refractivity contribution in [2.75, 3.05) is 26.2 Å². The van der Waals surface area contributed by atoms with Crippen LogP contribution in [0.1, 0.15) is 29.6 Å². The molecule has 2 rings (SSSR count). The molecule has 1 aromatic heterocycles. The monoisotopic (exact) mass is 251 g/mol. The largest absolute Gasteiger partial charge is 0.352 e. The van der Waals surface area contributed by atoms with Gasteiger partial charge in [0.15, 0.2) is 0 Å². The Bertz CT molecular complexity index is 405. The second-order valence-corrected chi connectivity index (χ2v) is 4.53. The van der Waals surface area contributed by atoms with Crippen LogP contribution in [-0.2, 0) is 0 Å². The number of nitrogens with zero attached hydrogens (tertiary/aromatic N) is 2. The van der Waals surface area contributed by atoms with E-state index in [1.165, 1.54) is 38.2 Å². The van der Waals surface area contributed by atoms with Gasteiger partial charge in [0.1, 0.15) is 0 Å². The molecule has 5 heteroatoms. The second kappa shape index (κ2) is 6.44. The number of likely N-dealkylation sites (tertiary alicyclic amines) is 1. The quantitative estimate of drug-likeness (QED) is 0.636. The third-order valence-corrected chi connectivity index (χ3v) is 3.12. The van der Waals surface area contributed by atoms with Crippen molar-refractivity contribution >= 4 is 5.91 Å². The molecular formula is C13H18FN3O. The lowest BCUT2D eigenvalue weighted by Crippen LogP contribution is -2.28. The van der Waals surface area contributed by atoms with Crippen LogP contribution in [0.2, 0.25) is 0 Å². The Balaban J connectivity index is 1.68. The van der Waals surface area contributed by atoms with Crippen LogP contribution in [0.3, 0.4) is 0 Å². The van der Waals surface area contributed by atoms with Crippen molar-refractivity contribution < 1.29 is 9.18 Å². The molecule has 98 valence electrons. The molecule has 0 saturated carbocycles. The summed E-state index contributed by atoms with van der Waals surface area (Å²) in [5.74, 6) is -0.863. The maximum absolute atomic E-state index is 12.8. The minimum absolute atomic E-state index is 0.238. The molecule has 1 aromatic rings. The molecule has 1 aliphatic heterocycles. The summed E-state index contributed by atoms with van der Waals surface area (Å²) in [6.07, 6.45) is 4.79. The molecule has 18 heavy (non-hydrogen) atoms. The summed E-state index contributed by atoms with van der Waals surface area (Å²) in [4.78, 5) is 17.5. The highest BCUT2D eigenvalue weighted by Gasteiger charge is 2.11. The molecule has 4 nitrogen and oxygen atoms in total. The van der Waals surface area contributed by atoms with Gasteiger partial charge in [-0.05, 0) is 45.0 Å². The van der Waals surface area contributed by atoms with E-state index in [1.54, 1.807) is 0 Å². The molecule has 0 bridgehead atoms. The van der Waals surface area contributed by atoms with E-state index in [2.05, 4.69) is 15.2 Å². The summed E-state index contributed by atoms with van der Waals surface area (Å²) >= 11 is 0. The highest BCUT2D eigenvalue weighted by Crippen LogP contribution is 2.07. The van der Waals surface area contributed by atoms with E-state index in [-0.39, 0.29) is 5.91 Å². The number of carbonyl (C=O) groups excluding carboxylic acids is 1. The normalized spacial score (nSPS) is 15.8. The molecule has 1 aliphatic rings. The Kier molecular flexibility index (Phi) is 4.64. The van der Waals surface area contributed by atoms with Crippen molar-refractivity contribution in [1.29, 1.82) is 0 Å². The Hall–Kier alpha value is -1.49. The fourth-order valence-electron chi connectivity index (χ4n) is 2.16. The van der Waals surface area contributed by atoms with E-state index < -0.39 is 5.95 Å². The Morgan fingerprint density at radius 3 is 2.94 bits per heavy atom.